The second-order valence-corrected chi connectivity index (χ2v) is 4.93. The van der Waals surface area contributed by atoms with Crippen molar-refractivity contribution < 1.29 is 0 Å². The lowest BCUT2D eigenvalue weighted by molar-refractivity contribution is 0.474. The van der Waals surface area contributed by atoms with Crippen molar-refractivity contribution in [3.63, 3.8) is 0 Å². The highest BCUT2D eigenvalue weighted by molar-refractivity contribution is 5.81. The SMILES string of the molecule is Cc1cc(C)c(C2(C)CN=C(N)N2)c(C)c1. The van der Waals surface area contributed by atoms with Crippen LogP contribution in [0.5, 0.6) is 0 Å². The highest BCUT2D eigenvalue weighted by Gasteiger charge is 2.33. The zero-order valence-corrected chi connectivity index (χ0v) is 10.4. The van der Waals surface area contributed by atoms with Gasteiger partial charge in [0.05, 0.1) is 12.1 Å². The third-order valence-electron chi connectivity index (χ3n) is 3.20. The van der Waals surface area contributed by atoms with Crippen molar-refractivity contribution in [1.29, 1.82) is 0 Å². The summed E-state index contributed by atoms with van der Waals surface area (Å²) < 4.78 is 0. The first-order chi connectivity index (χ1) is 7.42. The molecule has 0 bridgehead atoms. The zero-order chi connectivity index (χ0) is 11.9. The fourth-order valence-electron chi connectivity index (χ4n) is 2.80. The number of benzene rings is 1. The second kappa shape index (κ2) is 3.51. The molecule has 1 heterocycles. The zero-order valence-electron chi connectivity index (χ0n) is 10.4. The van der Waals surface area contributed by atoms with E-state index in [9.17, 15) is 0 Å². The van der Waals surface area contributed by atoms with Gasteiger partial charge in [0, 0.05) is 0 Å². The summed E-state index contributed by atoms with van der Waals surface area (Å²) in [6.45, 7) is 9.29. The molecular formula is C13H19N3. The van der Waals surface area contributed by atoms with Gasteiger partial charge in [-0.25, -0.2) is 0 Å². The summed E-state index contributed by atoms with van der Waals surface area (Å²) >= 11 is 0. The average molecular weight is 217 g/mol. The number of hydrogen-bond acceptors (Lipinski definition) is 3. The van der Waals surface area contributed by atoms with Gasteiger partial charge in [-0.1, -0.05) is 17.7 Å². The Morgan fingerprint density at radius 2 is 1.81 bits per heavy atom. The summed E-state index contributed by atoms with van der Waals surface area (Å²) in [5.41, 5.74) is 10.8. The van der Waals surface area contributed by atoms with Crippen LogP contribution in [0.3, 0.4) is 0 Å². The quantitative estimate of drug-likeness (QED) is 0.753. The summed E-state index contributed by atoms with van der Waals surface area (Å²) in [5.74, 6) is 0.543. The van der Waals surface area contributed by atoms with Crippen LogP contribution < -0.4 is 11.1 Å². The van der Waals surface area contributed by atoms with Crippen LogP contribution in [0.2, 0.25) is 0 Å². The predicted molar refractivity (Wildman–Crippen MR) is 67.6 cm³/mol. The number of nitrogens with two attached hydrogens (primary N) is 1. The van der Waals surface area contributed by atoms with Gasteiger partial charge in [-0.05, 0) is 44.4 Å². The van der Waals surface area contributed by atoms with E-state index in [4.69, 9.17) is 5.73 Å². The van der Waals surface area contributed by atoms with E-state index in [-0.39, 0.29) is 5.54 Å². The van der Waals surface area contributed by atoms with E-state index in [1.165, 1.54) is 22.3 Å². The van der Waals surface area contributed by atoms with Crippen LogP contribution in [-0.4, -0.2) is 12.5 Å². The first-order valence-electron chi connectivity index (χ1n) is 5.59. The summed E-state index contributed by atoms with van der Waals surface area (Å²) in [7, 11) is 0. The van der Waals surface area contributed by atoms with Gasteiger partial charge >= 0.3 is 0 Å². The van der Waals surface area contributed by atoms with Gasteiger partial charge in [0.15, 0.2) is 5.96 Å². The Kier molecular flexibility index (Phi) is 2.41. The van der Waals surface area contributed by atoms with Crippen LogP contribution >= 0.6 is 0 Å². The van der Waals surface area contributed by atoms with Crippen molar-refractivity contribution in [3.05, 3.63) is 34.4 Å². The Balaban J connectivity index is 2.49. The molecule has 1 unspecified atom stereocenters. The van der Waals surface area contributed by atoms with Gasteiger partial charge in [0.25, 0.3) is 0 Å². The van der Waals surface area contributed by atoms with Crippen LogP contribution in [0.4, 0.5) is 0 Å². The minimum atomic E-state index is -0.147. The molecule has 1 aromatic rings. The van der Waals surface area contributed by atoms with Gasteiger partial charge < -0.3 is 11.1 Å². The number of nitrogens with zero attached hydrogens (tertiary/aromatic N) is 1. The van der Waals surface area contributed by atoms with Crippen molar-refractivity contribution in [3.8, 4) is 0 Å². The maximum atomic E-state index is 5.72. The molecule has 0 spiro atoms. The summed E-state index contributed by atoms with van der Waals surface area (Å²) in [5, 5.41) is 3.28. The molecule has 3 heteroatoms. The summed E-state index contributed by atoms with van der Waals surface area (Å²) in [6, 6.07) is 4.42. The van der Waals surface area contributed by atoms with Crippen LogP contribution in [-0.2, 0) is 5.54 Å². The van der Waals surface area contributed by atoms with E-state index in [1.807, 2.05) is 0 Å². The summed E-state index contributed by atoms with van der Waals surface area (Å²) in [4.78, 5) is 4.25. The number of aryl methyl sites for hydroxylation is 3. The topological polar surface area (TPSA) is 50.4 Å². The molecule has 0 radical (unpaired) electrons. The Morgan fingerprint density at radius 3 is 2.25 bits per heavy atom. The third-order valence-corrected chi connectivity index (χ3v) is 3.20. The largest absolute Gasteiger partial charge is 0.370 e. The first-order valence-corrected chi connectivity index (χ1v) is 5.59. The molecule has 0 fully saturated rings. The number of rotatable bonds is 1. The predicted octanol–water partition coefficient (Wildman–Crippen LogP) is 1.74. The van der Waals surface area contributed by atoms with Crippen molar-refractivity contribution in [2.24, 2.45) is 10.7 Å². The standard InChI is InChI=1S/C13H19N3/c1-8-5-9(2)11(10(3)6-8)13(4)7-15-12(14)16-13/h5-6H,7H2,1-4H3,(H3,14,15,16). The van der Waals surface area contributed by atoms with Gasteiger partial charge in [-0.3, -0.25) is 4.99 Å². The Morgan fingerprint density at radius 1 is 1.25 bits per heavy atom. The lowest BCUT2D eigenvalue weighted by atomic mass is 9.85. The Labute approximate surface area is 96.8 Å². The average Bonchev–Trinajstić information content (AvgIpc) is 2.44. The fourth-order valence-corrected chi connectivity index (χ4v) is 2.80. The molecule has 0 aromatic heterocycles. The van der Waals surface area contributed by atoms with Crippen molar-refractivity contribution in [2.45, 2.75) is 33.2 Å². The minimum Gasteiger partial charge on any atom is -0.370 e. The van der Waals surface area contributed by atoms with E-state index in [2.05, 4.69) is 50.1 Å². The third kappa shape index (κ3) is 1.66. The molecule has 1 aliphatic rings. The van der Waals surface area contributed by atoms with E-state index >= 15 is 0 Å². The van der Waals surface area contributed by atoms with Crippen molar-refractivity contribution >= 4 is 5.96 Å². The van der Waals surface area contributed by atoms with E-state index in [0.717, 1.165) is 0 Å². The molecule has 0 saturated carbocycles. The maximum Gasteiger partial charge on any atom is 0.189 e. The molecule has 0 amide bonds. The van der Waals surface area contributed by atoms with Crippen LogP contribution in [0.15, 0.2) is 17.1 Å². The fraction of sp³-hybridized carbons (Fsp3) is 0.462. The first kappa shape index (κ1) is 11.0. The normalized spacial score (nSPS) is 24.1. The van der Waals surface area contributed by atoms with Gasteiger partial charge in [0.1, 0.15) is 0 Å². The second-order valence-electron chi connectivity index (χ2n) is 4.93. The molecule has 16 heavy (non-hydrogen) atoms. The monoisotopic (exact) mass is 217 g/mol. The van der Waals surface area contributed by atoms with Crippen molar-refractivity contribution in [2.75, 3.05) is 6.54 Å². The molecular weight excluding hydrogens is 198 g/mol. The molecule has 3 nitrogen and oxygen atoms in total. The maximum absolute atomic E-state index is 5.72. The Bertz CT molecular complexity index is 439. The molecule has 2 rings (SSSR count). The van der Waals surface area contributed by atoms with E-state index < -0.39 is 0 Å². The molecule has 86 valence electrons. The molecule has 1 aliphatic heterocycles. The summed E-state index contributed by atoms with van der Waals surface area (Å²) in [6.07, 6.45) is 0. The molecule has 0 aliphatic carbocycles. The molecule has 3 N–H and O–H groups in total. The number of hydrogen-bond donors (Lipinski definition) is 2. The van der Waals surface area contributed by atoms with Gasteiger partial charge in [-0.2, -0.15) is 0 Å². The van der Waals surface area contributed by atoms with E-state index in [1.54, 1.807) is 0 Å². The molecule has 0 saturated heterocycles. The highest BCUT2D eigenvalue weighted by atomic mass is 15.2. The minimum absolute atomic E-state index is 0.147. The van der Waals surface area contributed by atoms with Crippen LogP contribution in [0.25, 0.3) is 0 Å². The lowest BCUT2D eigenvalue weighted by Gasteiger charge is -2.29. The number of aliphatic imine (C=N–C) groups is 1. The molecule has 1 atom stereocenters. The van der Waals surface area contributed by atoms with Crippen LogP contribution in [0, 0.1) is 20.8 Å². The number of guanidine groups is 1. The highest BCUT2D eigenvalue weighted by Crippen LogP contribution is 2.30. The smallest absolute Gasteiger partial charge is 0.189 e. The van der Waals surface area contributed by atoms with Gasteiger partial charge in [-0.15, -0.1) is 0 Å². The molecule has 1 aromatic carbocycles. The van der Waals surface area contributed by atoms with E-state index in [0.29, 0.717) is 12.5 Å². The lowest BCUT2D eigenvalue weighted by Crippen LogP contribution is -2.44. The van der Waals surface area contributed by atoms with Gasteiger partial charge in [0.2, 0.25) is 0 Å². The Hall–Kier alpha value is -1.51. The number of nitrogens with one attached hydrogen (secondary N) is 1. The van der Waals surface area contributed by atoms with Crippen LogP contribution in [0.1, 0.15) is 29.2 Å². The van der Waals surface area contributed by atoms with Crippen molar-refractivity contribution in [1.82, 2.24) is 5.32 Å².